The van der Waals surface area contributed by atoms with Gasteiger partial charge in [0.1, 0.15) is 22.7 Å². The third-order valence-electron chi connectivity index (χ3n) is 12.9. The number of anilines is 5. The lowest BCUT2D eigenvalue weighted by molar-refractivity contribution is 0.518. The molecule has 0 amide bonds. The number of nitrogens with zero attached hydrogens (tertiary/aromatic N) is 13. The Morgan fingerprint density at radius 3 is 1.68 bits per heavy atom. The zero-order chi connectivity index (χ0) is 42.4. The van der Waals surface area contributed by atoms with Crippen molar-refractivity contribution < 1.29 is 0 Å². The molecule has 0 spiro atoms. The average molecular weight is 865 g/mol. The first-order chi connectivity index (χ1) is 31.1. The summed E-state index contributed by atoms with van der Waals surface area (Å²) in [5, 5.41) is 15.8. The molecular formula is C47H54ClN15. The second kappa shape index (κ2) is 19.0. The lowest BCUT2D eigenvalue weighted by Crippen LogP contribution is -2.26. The highest BCUT2D eigenvalue weighted by atomic mass is 35.5. The number of nitrogens with one attached hydrogen (secondary N) is 2. The largest absolute Gasteiger partial charge is 0.332 e. The van der Waals surface area contributed by atoms with Crippen LogP contribution in [0.3, 0.4) is 0 Å². The van der Waals surface area contributed by atoms with Crippen molar-refractivity contribution in [2.24, 2.45) is 0 Å². The van der Waals surface area contributed by atoms with E-state index in [1.54, 1.807) is 4.52 Å². The van der Waals surface area contributed by atoms with Crippen molar-refractivity contribution in [2.75, 3.05) is 22.1 Å². The molecule has 0 aromatic carbocycles. The molecule has 0 bridgehead atoms. The van der Waals surface area contributed by atoms with Gasteiger partial charge in [-0.3, -0.25) is 9.97 Å². The van der Waals surface area contributed by atoms with Crippen LogP contribution in [0, 0.1) is 0 Å². The maximum Gasteiger partial charge on any atom is 0.246 e. The van der Waals surface area contributed by atoms with Gasteiger partial charge in [-0.25, -0.2) is 19.0 Å². The van der Waals surface area contributed by atoms with E-state index in [1.165, 1.54) is 82.7 Å². The van der Waals surface area contributed by atoms with Gasteiger partial charge in [-0.2, -0.15) is 9.97 Å². The van der Waals surface area contributed by atoms with E-state index in [0.717, 1.165) is 65.4 Å². The van der Waals surface area contributed by atoms with Crippen LogP contribution < -0.4 is 15.5 Å². The summed E-state index contributed by atoms with van der Waals surface area (Å²) >= 11 is 5.95. The predicted molar refractivity (Wildman–Crippen MR) is 246 cm³/mol. The van der Waals surface area contributed by atoms with Gasteiger partial charge >= 0.3 is 0 Å². The highest BCUT2D eigenvalue weighted by molar-refractivity contribution is 6.28. The van der Waals surface area contributed by atoms with Crippen LogP contribution in [0.15, 0.2) is 110 Å². The van der Waals surface area contributed by atoms with E-state index < -0.39 is 0 Å². The van der Waals surface area contributed by atoms with Crippen molar-refractivity contribution in [3.63, 3.8) is 0 Å². The molecule has 8 aromatic heterocycles. The highest BCUT2D eigenvalue weighted by Gasteiger charge is 2.30. The fourth-order valence-corrected chi connectivity index (χ4v) is 9.88. The number of imidazole rings is 2. The quantitative estimate of drug-likeness (QED) is 0.143. The summed E-state index contributed by atoms with van der Waals surface area (Å²) in [5.41, 5.74) is 4.17. The molecule has 9 heterocycles. The van der Waals surface area contributed by atoms with Crippen LogP contribution in [0.5, 0.6) is 0 Å². The number of halogens is 1. The van der Waals surface area contributed by atoms with Crippen LogP contribution in [-0.4, -0.2) is 64.8 Å². The predicted octanol–water partition coefficient (Wildman–Crippen LogP) is 10.7. The molecule has 1 aliphatic heterocycles. The van der Waals surface area contributed by atoms with E-state index in [4.69, 9.17) is 21.7 Å². The van der Waals surface area contributed by atoms with Gasteiger partial charge in [0.25, 0.3) is 0 Å². The van der Waals surface area contributed by atoms with Gasteiger partial charge in [0.2, 0.25) is 11.2 Å². The van der Waals surface area contributed by atoms with Crippen LogP contribution in [0.2, 0.25) is 5.28 Å². The molecule has 0 radical (unpaired) electrons. The number of pyridine rings is 2. The monoisotopic (exact) mass is 863 g/mol. The molecule has 3 saturated carbocycles. The molecule has 15 nitrogen and oxygen atoms in total. The number of rotatable bonds is 9. The summed E-state index contributed by atoms with van der Waals surface area (Å²) in [6.45, 7) is 0.920. The topological polar surface area (TPSA) is 149 Å². The molecule has 1 atom stereocenters. The molecule has 1 saturated heterocycles. The zero-order valence-corrected chi connectivity index (χ0v) is 36.3. The zero-order valence-electron chi connectivity index (χ0n) is 35.5. The van der Waals surface area contributed by atoms with Gasteiger partial charge in [-0.1, -0.05) is 50.7 Å². The van der Waals surface area contributed by atoms with E-state index in [0.29, 0.717) is 17.9 Å². The Hall–Kier alpha value is -6.35. The Morgan fingerprint density at radius 1 is 0.540 bits per heavy atom. The standard InChI is InChI=1S/C23H26N8.C14H15ClN6.C10H13N/c1-2-8-17(7-1)29-15-21(25-16-29)26-22-20-11-6-14-31(20)28-23(27-22)30-13-5-10-19(30)18-9-3-4-12-24-18;15-14-18-13(11-6-3-7-21(11)19-14)17-12-8-20(9-16-12)10-4-1-2-5-10;1-2-6-9(5-1)10-7-3-4-8-11-10/h3-4,6,9,11-12,14-17,19H,1-2,5,7-8,10,13H2,(H,26,27,28);3,6-10H,1-2,4-5H2,(H,17,18,19);3-4,7-9H,1-2,5-6H2. The third-order valence-corrected chi connectivity index (χ3v) is 13.1. The molecular weight excluding hydrogens is 810 g/mol. The smallest absolute Gasteiger partial charge is 0.246 e. The maximum absolute atomic E-state index is 5.95. The van der Waals surface area contributed by atoms with Gasteiger partial charge in [0, 0.05) is 67.4 Å². The summed E-state index contributed by atoms with van der Waals surface area (Å²) < 4.78 is 8.02. The van der Waals surface area contributed by atoms with Gasteiger partial charge in [-0.05, 0) is 111 Å². The van der Waals surface area contributed by atoms with Gasteiger partial charge < -0.3 is 24.7 Å². The van der Waals surface area contributed by atoms with Gasteiger partial charge in [0.05, 0.1) is 24.4 Å². The minimum absolute atomic E-state index is 0.198. The van der Waals surface area contributed by atoms with Crippen molar-refractivity contribution in [1.29, 1.82) is 0 Å². The summed E-state index contributed by atoms with van der Waals surface area (Å²) in [7, 11) is 0. The number of aromatic nitrogens is 12. The lowest BCUT2D eigenvalue weighted by atomic mass is 10.0. The van der Waals surface area contributed by atoms with Crippen LogP contribution in [-0.2, 0) is 0 Å². The number of hydrogen-bond acceptors (Lipinski definition) is 11. The van der Waals surface area contributed by atoms with Gasteiger partial charge in [0.15, 0.2) is 11.6 Å². The lowest BCUT2D eigenvalue weighted by Gasteiger charge is -2.24. The fraction of sp³-hybridized carbons (Fsp3) is 0.404. The highest BCUT2D eigenvalue weighted by Crippen LogP contribution is 2.36. The summed E-state index contributed by atoms with van der Waals surface area (Å²) in [4.78, 5) is 29.4. The van der Waals surface area contributed by atoms with E-state index in [1.807, 2.05) is 90.6 Å². The normalized spacial score (nSPS) is 18.2. The summed E-state index contributed by atoms with van der Waals surface area (Å²) in [6.07, 6.45) is 33.3. The SMILES string of the molecule is Clc1nc(Nc2cn(C3CCCC3)cn2)c2cccn2n1.c1ccc(C2CCCC2)nc1.c1ccc(C2CCCN2c2nc(Nc3cn(C4CCCC4)cn3)c3cccn3n2)nc1. The molecule has 8 aromatic rings. The minimum Gasteiger partial charge on any atom is -0.332 e. The van der Waals surface area contributed by atoms with Crippen molar-refractivity contribution >= 4 is 51.9 Å². The van der Waals surface area contributed by atoms with Crippen LogP contribution in [0.25, 0.3) is 11.0 Å². The van der Waals surface area contributed by atoms with E-state index in [2.05, 4.69) is 79.1 Å². The second-order valence-electron chi connectivity index (χ2n) is 17.0. The first-order valence-corrected chi connectivity index (χ1v) is 23.0. The van der Waals surface area contributed by atoms with Crippen LogP contribution >= 0.6 is 11.6 Å². The minimum atomic E-state index is 0.198. The van der Waals surface area contributed by atoms with Crippen molar-refractivity contribution in [3.8, 4) is 0 Å². The molecule has 4 fully saturated rings. The Balaban J connectivity index is 0.000000126. The summed E-state index contributed by atoms with van der Waals surface area (Å²) in [6, 6.07) is 21.5. The Morgan fingerprint density at radius 2 is 1.10 bits per heavy atom. The maximum atomic E-state index is 5.95. The molecule has 63 heavy (non-hydrogen) atoms. The molecule has 12 rings (SSSR count). The molecule has 16 heteroatoms. The van der Waals surface area contributed by atoms with E-state index in [-0.39, 0.29) is 11.3 Å². The summed E-state index contributed by atoms with van der Waals surface area (Å²) in [5.74, 6) is 4.52. The number of hydrogen-bond donors (Lipinski definition) is 2. The molecule has 324 valence electrons. The van der Waals surface area contributed by atoms with E-state index >= 15 is 0 Å². The Bertz CT molecular complexity index is 2690. The molecule has 1 unspecified atom stereocenters. The first-order valence-electron chi connectivity index (χ1n) is 22.7. The molecule has 3 aliphatic carbocycles. The van der Waals surface area contributed by atoms with E-state index in [9.17, 15) is 0 Å². The Labute approximate surface area is 372 Å². The average Bonchev–Trinajstić information content (AvgIpc) is 4.17. The number of fused-ring (bicyclic) bond motifs is 2. The molecule has 2 N–H and O–H groups in total. The molecule has 4 aliphatic rings. The fourth-order valence-electron chi connectivity index (χ4n) is 9.71. The second-order valence-corrected chi connectivity index (χ2v) is 17.4. The third kappa shape index (κ3) is 9.38. The van der Waals surface area contributed by atoms with Gasteiger partial charge in [-0.15, -0.1) is 10.2 Å². The Kier molecular flexibility index (Phi) is 12.2. The van der Waals surface area contributed by atoms with Crippen molar-refractivity contribution in [2.45, 2.75) is 114 Å². The van der Waals surface area contributed by atoms with Crippen LogP contribution in [0.4, 0.5) is 29.2 Å². The van der Waals surface area contributed by atoms with Crippen molar-refractivity contribution in [1.82, 2.24) is 58.3 Å². The first kappa shape index (κ1) is 40.7. The van der Waals surface area contributed by atoms with Crippen molar-refractivity contribution in [3.05, 3.63) is 127 Å². The van der Waals surface area contributed by atoms with Crippen LogP contribution in [0.1, 0.15) is 125 Å².